The van der Waals surface area contributed by atoms with Crippen LogP contribution in [0.15, 0.2) is 176 Å². The van der Waals surface area contributed by atoms with Gasteiger partial charge in [0.25, 0.3) is 0 Å². The Morgan fingerprint density at radius 2 is 1.27 bits per heavy atom. The number of nitrogens with zero attached hydrogens (tertiary/aromatic N) is 5. The van der Waals surface area contributed by atoms with Crippen LogP contribution in [0.2, 0.25) is 0 Å². The topological polar surface area (TPSA) is 38.5 Å². The van der Waals surface area contributed by atoms with Crippen LogP contribution in [0.4, 0.5) is 22.7 Å². The van der Waals surface area contributed by atoms with Crippen LogP contribution in [0.1, 0.15) is 89.8 Å². The van der Waals surface area contributed by atoms with E-state index in [1.165, 1.54) is 16.7 Å². The Bertz CT molecular complexity index is 4730. The fourth-order valence-corrected chi connectivity index (χ4v) is 9.22. The number of ether oxygens (including phenoxy) is 1. The van der Waals surface area contributed by atoms with Gasteiger partial charge >= 0.3 is 0 Å². The molecule has 12 rings (SSSR count). The standard InChI is InChI=1S/C64H54N5O.Pt/c1-41-20-18-31-57-62(41)67(47-34-44(63(3,4)5)33-45(35-47)64(6,7)8)40-66(57)46-23-19-24-48(36-46)70-49-37-58(68-54-28-15-12-25-50(54)51-26-13-16-29-55(51)68)61-52-27-14-17-30-56(52)69(59(61)38-49)60-32-42(2)53(39-65-60)43-21-10-9-11-22-43;/h9-35,37,39-40H,1-8H3;/q-3;/i1D3,2D3,9D,10D,11D,12D,13D,15D,16D,21D,22D,25D,26D,28D,29D;. The first kappa shape index (κ1) is 29.1. The van der Waals surface area contributed by atoms with E-state index in [0.717, 1.165) is 23.0 Å². The van der Waals surface area contributed by atoms with Gasteiger partial charge in [0.1, 0.15) is 5.82 Å². The Morgan fingerprint density at radius 3 is 1.97 bits per heavy atom. The number of aromatic nitrogens is 3. The molecule has 0 atom stereocenters. The Balaban J connectivity index is 0.00000833. The molecule has 1 aliphatic heterocycles. The number of hydrogen-bond acceptors (Lipinski definition) is 4. The van der Waals surface area contributed by atoms with Crippen LogP contribution in [-0.2, 0) is 31.9 Å². The number of pyridine rings is 1. The molecule has 0 spiro atoms. The third-order valence-corrected chi connectivity index (χ3v) is 12.7. The van der Waals surface area contributed by atoms with Crippen molar-refractivity contribution >= 4 is 66.4 Å². The minimum Gasteiger partial charge on any atom is -0.509 e. The van der Waals surface area contributed by atoms with Gasteiger partial charge in [-0.1, -0.05) is 155 Å². The predicted octanol–water partition coefficient (Wildman–Crippen LogP) is 17.0. The van der Waals surface area contributed by atoms with Crippen molar-refractivity contribution in [2.45, 2.75) is 66.1 Å². The first-order valence-electron chi connectivity index (χ1n) is 32.1. The van der Waals surface area contributed by atoms with Crippen molar-refractivity contribution in [1.29, 1.82) is 0 Å². The van der Waals surface area contributed by atoms with Gasteiger partial charge in [-0.15, -0.1) is 42.7 Å². The van der Waals surface area contributed by atoms with Gasteiger partial charge in [-0.05, 0) is 106 Å². The molecule has 0 amide bonds. The van der Waals surface area contributed by atoms with Crippen molar-refractivity contribution < 1.29 is 51.8 Å². The van der Waals surface area contributed by atoms with Gasteiger partial charge in [0.2, 0.25) is 0 Å². The average Bonchev–Trinajstić information content (AvgIpc) is 1.53. The maximum absolute atomic E-state index is 9.49. The maximum atomic E-state index is 9.49. The van der Waals surface area contributed by atoms with E-state index in [0.29, 0.717) is 28.0 Å². The summed E-state index contributed by atoms with van der Waals surface area (Å²) in [4.78, 5) is 8.42. The summed E-state index contributed by atoms with van der Waals surface area (Å²) in [6, 6.07) is 24.5. The summed E-state index contributed by atoms with van der Waals surface area (Å²) in [5, 5.41) is 0.284. The van der Waals surface area contributed by atoms with Crippen LogP contribution in [0.3, 0.4) is 0 Å². The summed E-state index contributed by atoms with van der Waals surface area (Å²) in [5.74, 6) is -0.0859. The minimum atomic E-state index is -2.99. The molecule has 6 nitrogen and oxygen atoms in total. The molecule has 3 aromatic heterocycles. The average molecular weight is 1120 g/mol. The Kier molecular flexibility index (Phi) is 7.15. The summed E-state index contributed by atoms with van der Waals surface area (Å²) in [5.41, 5.74) is 2.71. The van der Waals surface area contributed by atoms with Gasteiger partial charge in [0.05, 0.1) is 28.9 Å². The van der Waals surface area contributed by atoms with Crippen molar-refractivity contribution in [2.24, 2.45) is 0 Å². The zero-order valence-corrected chi connectivity index (χ0v) is 41.5. The minimum absolute atomic E-state index is 0. The van der Waals surface area contributed by atoms with Crippen LogP contribution >= 0.6 is 0 Å². The molecule has 0 bridgehead atoms. The number of hydrogen-bond donors (Lipinski definition) is 0. The summed E-state index contributed by atoms with van der Waals surface area (Å²) in [6.45, 7) is 8.97. The molecular formula is C64H54N5OPt-3. The summed E-state index contributed by atoms with van der Waals surface area (Å²) in [6.07, 6.45) is 1.12. The molecule has 0 saturated heterocycles. The molecular weight excluding hydrogens is 1050 g/mol. The second kappa shape index (κ2) is 17.5. The summed E-state index contributed by atoms with van der Waals surface area (Å²) >= 11 is 0. The molecule has 0 saturated carbocycles. The zero-order valence-electron chi connectivity index (χ0n) is 58.3. The normalized spacial score (nSPS) is 17.0. The first-order chi connectivity index (χ1) is 41.6. The summed E-state index contributed by atoms with van der Waals surface area (Å²) in [7, 11) is 0. The molecule has 1 aliphatic rings. The largest absolute Gasteiger partial charge is 0.509 e. The molecule has 0 aliphatic carbocycles. The predicted molar refractivity (Wildman–Crippen MR) is 291 cm³/mol. The van der Waals surface area contributed by atoms with Crippen LogP contribution in [0.25, 0.3) is 66.2 Å². The fourth-order valence-electron chi connectivity index (χ4n) is 9.22. The van der Waals surface area contributed by atoms with Crippen LogP contribution in [0.5, 0.6) is 11.5 Å². The molecule has 71 heavy (non-hydrogen) atoms. The van der Waals surface area contributed by atoms with Crippen molar-refractivity contribution in [1.82, 2.24) is 14.1 Å². The third-order valence-electron chi connectivity index (χ3n) is 12.7. The Hall–Kier alpha value is -7.40. The Labute approximate surface area is 457 Å². The van der Waals surface area contributed by atoms with Gasteiger partial charge in [0.15, 0.2) is 0 Å². The number of rotatable bonds is 7. The van der Waals surface area contributed by atoms with E-state index in [1.54, 1.807) is 70.7 Å². The number of para-hydroxylation sites is 4. The van der Waals surface area contributed by atoms with Crippen LogP contribution in [0, 0.1) is 32.5 Å². The zero-order chi connectivity index (χ0) is 64.4. The molecule has 7 heteroatoms. The first-order valence-corrected chi connectivity index (χ1v) is 22.6. The number of benzene rings is 8. The van der Waals surface area contributed by atoms with E-state index in [9.17, 15) is 5.48 Å². The molecule has 11 aromatic rings. The second-order valence-corrected chi connectivity index (χ2v) is 19.3. The molecule has 4 heterocycles. The fraction of sp³-hybridized carbons (Fsp3) is 0.156. The monoisotopic (exact) mass is 1120 g/mol. The van der Waals surface area contributed by atoms with E-state index in [4.69, 9.17) is 30.3 Å². The smallest absolute Gasteiger partial charge is 0.135 e. The quantitative estimate of drug-likeness (QED) is 0.149. The van der Waals surface area contributed by atoms with E-state index < -0.39 is 103 Å². The molecule has 0 fully saturated rings. The van der Waals surface area contributed by atoms with Crippen LogP contribution in [-0.4, -0.2) is 14.1 Å². The number of aryl methyl sites for hydroxylation is 2. The van der Waals surface area contributed by atoms with Gasteiger partial charge < -0.3 is 23.7 Å². The third kappa shape index (κ3) is 7.90. The molecule has 8 aromatic carbocycles. The maximum Gasteiger partial charge on any atom is 0.135 e. The molecule has 0 radical (unpaired) electrons. The number of fused-ring (bicyclic) bond motifs is 7. The van der Waals surface area contributed by atoms with E-state index in [-0.39, 0.29) is 98.7 Å². The SMILES string of the molecule is [2H]c1c([2H])c([2H])c(-c2cnc(-n3c4[c-]c(Oc5[c-]c(N6[CH-]N(c7cc(C(C)(C)C)cc(C(C)(C)C)c7)c7c6cccc7C([2H])([2H])[2H])ccc5)cc(-n5c6c([2H])c([2H])c([2H])c([2H])c6c6c([2H])c([2H])c([2H])c([2H])c65)c4c4ccccc43)cc2C([2H])([2H])[2H])c([2H])c1[2H].[Pt]. The van der Waals surface area contributed by atoms with Crippen molar-refractivity contribution in [3.05, 3.63) is 217 Å². The van der Waals surface area contributed by atoms with E-state index in [1.807, 2.05) is 11.0 Å². The Morgan fingerprint density at radius 1 is 0.592 bits per heavy atom. The van der Waals surface area contributed by atoms with Gasteiger partial charge in [-0.3, -0.25) is 0 Å². The van der Waals surface area contributed by atoms with Crippen molar-refractivity contribution in [2.75, 3.05) is 9.80 Å². The molecule has 0 unspecified atom stereocenters. The van der Waals surface area contributed by atoms with E-state index >= 15 is 0 Å². The van der Waals surface area contributed by atoms with Gasteiger partial charge in [-0.25, -0.2) is 4.98 Å². The van der Waals surface area contributed by atoms with Gasteiger partial charge in [-0.2, -0.15) is 6.07 Å². The number of anilines is 4. The van der Waals surface area contributed by atoms with Gasteiger partial charge in [0, 0.05) is 85.9 Å². The van der Waals surface area contributed by atoms with Crippen molar-refractivity contribution in [3.8, 4) is 34.1 Å². The second-order valence-electron chi connectivity index (χ2n) is 19.3. The van der Waals surface area contributed by atoms with E-state index in [2.05, 4.69) is 71.9 Å². The van der Waals surface area contributed by atoms with Crippen molar-refractivity contribution in [3.63, 3.8) is 0 Å². The molecule has 354 valence electrons. The summed E-state index contributed by atoms with van der Waals surface area (Å²) < 4.78 is 178. The molecule has 0 N–H and O–H groups in total. The van der Waals surface area contributed by atoms with Crippen LogP contribution < -0.4 is 14.5 Å².